The molecule has 0 radical (unpaired) electrons. The molecule has 0 saturated heterocycles. The standard InChI is InChI=1S/C21H22ClN5OS/c22-18-7-2-1-6-17(18)19-20(24-9-8-16-5-3-14-29-16)25-21(28)27(19)12-4-11-26-13-10-23-15-26/h1-3,5-7,10,13-15,24H,4,8-9,11-12H2,(H,25,28). The number of rotatable bonds is 9. The second-order valence-electron chi connectivity index (χ2n) is 6.70. The van der Waals surface area contributed by atoms with Crippen LogP contribution in [0.4, 0.5) is 5.82 Å². The summed E-state index contributed by atoms with van der Waals surface area (Å²) in [6.07, 6.45) is 7.17. The number of H-pyrrole nitrogens is 1. The van der Waals surface area contributed by atoms with Gasteiger partial charge in [-0.3, -0.25) is 9.55 Å². The first-order chi connectivity index (χ1) is 14.2. The average molecular weight is 428 g/mol. The highest BCUT2D eigenvalue weighted by Crippen LogP contribution is 2.32. The molecule has 0 bridgehead atoms. The summed E-state index contributed by atoms with van der Waals surface area (Å²) in [5, 5.41) is 6.09. The molecule has 0 aliphatic rings. The van der Waals surface area contributed by atoms with E-state index in [1.165, 1.54) is 4.88 Å². The molecule has 0 atom stereocenters. The summed E-state index contributed by atoms with van der Waals surface area (Å²) in [7, 11) is 0. The Morgan fingerprint density at radius 1 is 1.17 bits per heavy atom. The number of imidazole rings is 2. The van der Waals surface area contributed by atoms with E-state index in [-0.39, 0.29) is 5.69 Å². The van der Waals surface area contributed by atoms with Crippen molar-refractivity contribution in [2.75, 3.05) is 11.9 Å². The van der Waals surface area contributed by atoms with Crippen LogP contribution in [0.1, 0.15) is 11.3 Å². The normalized spacial score (nSPS) is 11.1. The third-order valence-corrected chi connectivity index (χ3v) is 5.99. The molecule has 4 rings (SSSR count). The Hall–Kier alpha value is -2.77. The van der Waals surface area contributed by atoms with E-state index < -0.39 is 0 Å². The van der Waals surface area contributed by atoms with Crippen LogP contribution in [0.25, 0.3) is 11.3 Å². The number of nitrogens with zero attached hydrogens (tertiary/aromatic N) is 3. The first kappa shape index (κ1) is 19.5. The average Bonchev–Trinajstić information content (AvgIpc) is 3.46. The smallest absolute Gasteiger partial charge is 0.327 e. The number of benzene rings is 1. The zero-order valence-electron chi connectivity index (χ0n) is 15.8. The molecule has 0 amide bonds. The summed E-state index contributed by atoms with van der Waals surface area (Å²) in [4.78, 5) is 21.1. The van der Waals surface area contributed by atoms with Crippen molar-refractivity contribution >= 4 is 28.8 Å². The summed E-state index contributed by atoms with van der Waals surface area (Å²) in [6, 6.07) is 11.8. The number of anilines is 1. The Balaban J connectivity index is 1.58. The highest BCUT2D eigenvalue weighted by molar-refractivity contribution is 7.09. The third kappa shape index (κ3) is 4.63. The molecule has 3 heterocycles. The predicted molar refractivity (Wildman–Crippen MR) is 119 cm³/mol. The molecule has 0 fully saturated rings. The molecule has 0 unspecified atom stereocenters. The SMILES string of the molecule is O=c1[nH]c(NCCc2cccs2)c(-c2ccccc2Cl)n1CCCn1ccnc1. The fraction of sp³-hybridized carbons (Fsp3) is 0.238. The molecule has 4 aromatic rings. The minimum absolute atomic E-state index is 0.135. The summed E-state index contributed by atoms with van der Waals surface area (Å²) < 4.78 is 3.78. The molecule has 3 aromatic heterocycles. The third-order valence-electron chi connectivity index (χ3n) is 4.72. The van der Waals surface area contributed by atoms with E-state index in [4.69, 9.17) is 11.6 Å². The first-order valence-electron chi connectivity index (χ1n) is 9.52. The molecule has 150 valence electrons. The molecular formula is C21H22ClN5OS. The summed E-state index contributed by atoms with van der Waals surface area (Å²) in [6.45, 7) is 2.11. The van der Waals surface area contributed by atoms with Crippen molar-refractivity contribution in [1.82, 2.24) is 19.1 Å². The van der Waals surface area contributed by atoms with E-state index in [0.29, 0.717) is 17.4 Å². The second kappa shape index (κ2) is 9.15. The number of halogens is 1. The van der Waals surface area contributed by atoms with E-state index >= 15 is 0 Å². The minimum Gasteiger partial charge on any atom is -0.369 e. The number of hydrogen-bond donors (Lipinski definition) is 2. The van der Waals surface area contributed by atoms with E-state index in [1.807, 2.05) is 41.1 Å². The minimum atomic E-state index is -0.135. The Morgan fingerprint density at radius 3 is 2.83 bits per heavy atom. The number of aryl methyl sites for hydroxylation is 1. The summed E-state index contributed by atoms with van der Waals surface area (Å²) in [5.41, 5.74) is 1.51. The highest BCUT2D eigenvalue weighted by atomic mass is 35.5. The lowest BCUT2D eigenvalue weighted by atomic mass is 10.1. The molecule has 0 spiro atoms. The van der Waals surface area contributed by atoms with Crippen molar-refractivity contribution in [2.45, 2.75) is 25.9 Å². The highest BCUT2D eigenvalue weighted by Gasteiger charge is 2.18. The van der Waals surface area contributed by atoms with Gasteiger partial charge in [0, 0.05) is 42.5 Å². The van der Waals surface area contributed by atoms with Gasteiger partial charge in [-0.2, -0.15) is 0 Å². The van der Waals surface area contributed by atoms with Gasteiger partial charge in [-0.25, -0.2) is 9.78 Å². The van der Waals surface area contributed by atoms with Crippen molar-refractivity contribution in [3.63, 3.8) is 0 Å². The number of nitrogens with one attached hydrogen (secondary N) is 2. The van der Waals surface area contributed by atoms with Crippen LogP contribution < -0.4 is 11.0 Å². The fourth-order valence-electron chi connectivity index (χ4n) is 3.34. The molecule has 1 aromatic carbocycles. The van der Waals surface area contributed by atoms with Gasteiger partial charge < -0.3 is 9.88 Å². The summed E-state index contributed by atoms with van der Waals surface area (Å²) in [5.74, 6) is 0.710. The van der Waals surface area contributed by atoms with Crippen molar-refractivity contribution in [1.29, 1.82) is 0 Å². The maximum atomic E-state index is 12.7. The lowest BCUT2D eigenvalue weighted by Gasteiger charge is -2.12. The van der Waals surface area contributed by atoms with Gasteiger partial charge >= 0.3 is 5.69 Å². The first-order valence-corrected chi connectivity index (χ1v) is 10.8. The van der Waals surface area contributed by atoms with Crippen LogP contribution in [0.5, 0.6) is 0 Å². The van der Waals surface area contributed by atoms with Crippen molar-refractivity contribution < 1.29 is 0 Å². The molecule has 0 aliphatic heterocycles. The lowest BCUT2D eigenvalue weighted by Crippen LogP contribution is -2.18. The molecule has 8 heteroatoms. The maximum Gasteiger partial charge on any atom is 0.327 e. The van der Waals surface area contributed by atoms with E-state index in [9.17, 15) is 4.79 Å². The van der Waals surface area contributed by atoms with Crippen LogP contribution in [0.15, 0.2) is 65.3 Å². The predicted octanol–water partition coefficient (Wildman–Crippen LogP) is 4.50. The Labute approximate surface area is 177 Å². The van der Waals surface area contributed by atoms with Gasteiger partial charge in [0.15, 0.2) is 0 Å². The largest absolute Gasteiger partial charge is 0.369 e. The second-order valence-corrected chi connectivity index (χ2v) is 8.13. The van der Waals surface area contributed by atoms with Gasteiger partial charge in [-0.15, -0.1) is 11.3 Å². The van der Waals surface area contributed by atoms with Gasteiger partial charge in [0.25, 0.3) is 0 Å². The Kier molecular flexibility index (Phi) is 6.17. The van der Waals surface area contributed by atoms with Gasteiger partial charge in [0.1, 0.15) is 5.82 Å². The van der Waals surface area contributed by atoms with Crippen LogP contribution in [-0.2, 0) is 19.5 Å². The van der Waals surface area contributed by atoms with Gasteiger partial charge in [-0.1, -0.05) is 35.9 Å². The number of aromatic amines is 1. The lowest BCUT2D eigenvalue weighted by molar-refractivity contribution is 0.557. The van der Waals surface area contributed by atoms with Crippen LogP contribution in [0, 0.1) is 0 Å². The zero-order valence-corrected chi connectivity index (χ0v) is 17.4. The van der Waals surface area contributed by atoms with Gasteiger partial charge in [-0.05, 0) is 30.4 Å². The molecule has 0 aliphatic carbocycles. The van der Waals surface area contributed by atoms with Gasteiger partial charge in [0.05, 0.1) is 17.0 Å². The molecule has 6 nitrogen and oxygen atoms in total. The number of hydrogen-bond acceptors (Lipinski definition) is 4. The molecule has 2 N–H and O–H groups in total. The number of thiophene rings is 1. The van der Waals surface area contributed by atoms with Gasteiger partial charge in [0.2, 0.25) is 0 Å². The summed E-state index contributed by atoms with van der Waals surface area (Å²) >= 11 is 8.21. The fourth-order valence-corrected chi connectivity index (χ4v) is 4.27. The maximum absolute atomic E-state index is 12.7. The van der Waals surface area contributed by atoms with Crippen LogP contribution in [0.3, 0.4) is 0 Å². The quantitative estimate of drug-likeness (QED) is 0.413. The van der Waals surface area contributed by atoms with Crippen LogP contribution in [-0.4, -0.2) is 25.6 Å². The van der Waals surface area contributed by atoms with Crippen molar-refractivity contribution in [3.8, 4) is 11.3 Å². The van der Waals surface area contributed by atoms with Crippen LogP contribution in [0.2, 0.25) is 5.02 Å². The van der Waals surface area contributed by atoms with Crippen molar-refractivity contribution in [3.05, 3.63) is 80.9 Å². The topological polar surface area (TPSA) is 67.6 Å². The van der Waals surface area contributed by atoms with E-state index in [1.54, 1.807) is 28.4 Å². The Morgan fingerprint density at radius 2 is 2.07 bits per heavy atom. The molecular weight excluding hydrogens is 406 g/mol. The zero-order chi connectivity index (χ0) is 20.1. The monoisotopic (exact) mass is 427 g/mol. The Bertz CT molecular complexity index is 1100. The van der Waals surface area contributed by atoms with Crippen LogP contribution >= 0.6 is 22.9 Å². The molecule has 0 saturated carbocycles. The van der Waals surface area contributed by atoms with E-state index in [2.05, 4.69) is 26.7 Å². The number of aromatic nitrogens is 4. The van der Waals surface area contributed by atoms with Crippen molar-refractivity contribution in [2.24, 2.45) is 0 Å². The van der Waals surface area contributed by atoms with E-state index in [0.717, 1.165) is 37.2 Å². The molecule has 29 heavy (non-hydrogen) atoms.